The molecule has 1 fully saturated rings. The number of thioether (sulfide) groups is 1. The molecular formula is C17H13N3O6S. The highest BCUT2D eigenvalue weighted by Gasteiger charge is 2.34. The van der Waals surface area contributed by atoms with Gasteiger partial charge in [-0.3, -0.25) is 29.4 Å². The van der Waals surface area contributed by atoms with E-state index in [1.54, 1.807) is 6.08 Å². The smallest absolute Gasteiger partial charge is 0.395 e. The largest absolute Gasteiger partial charge is 0.433 e. The van der Waals surface area contributed by atoms with Crippen LogP contribution in [0.3, 0.4) is 0 Å². The molecule has 3 amide bonds. The number of rotatable bonds is 6. The van der Waals surface area contributed by atoms with E-state index in [1.807, 2.05) is 30.3 Å². The Hall–Kier alpha value is -3.40. The predicted octanol–water partition coefficient (Wildman–Crippen LogP) is 2.65. The van der Waals surface area contributed by atoms with E-state index in [9.17, 15) is 24.5 Å². The molecule has 9 nitrogen and oxygen atoms in total. The molecule has 1 aliphatic rings. The lowest BCUT2D eigenvalue weighted by Crippen LogP contribution is -2.37. The number of nitro groups is 1. The van der Waals surface area contributed by atoms with E-state index in [2.05, 4.69) is 5.32 Å². The molecule has 2 heterocycles. The van der Waals surface area contributed by atoms with Crippen molar-refractivity contribution in [2.45, 2.75) is 0 Å². The lowest BCUT2D eigenvalue weighted by molar-refractivity contribution is -0.402. The van der Waals surface area contributed by atoms with Crippen LogP contribution in [0.1, 0.15) is 16.1 Å². The van der Waals surface area contributed by atoms with E-state index < -0.39 is 27.9 Å². The van der Waals surface area contributed by atoms with Gasteiger partial charge in [0.25, 0.3) is 17.1 Å². The second-order valence-electron chi connectivity index (χ2n) is 5.39. The molecule has 0 aliphatic carbocycles. The normalized spacial score (nSPS) is 15.4. The van der Waals surface area contributed by atoms with Crippen LogP contribution in [-0.4, -0.2) is 40.0 Å². The number of nitrogens with zero attached hydrogens (tertiary/aromatic N) is 2. The van der Waals surface area contributed by atoms with Gasteiger partial charge in [0.1, 0.15) is 4.92 Å². The molecule has 1 aromatic heterocycles. The summed E-state index contributed by atoms with van der Waals surface area (Å²) in [5, 5.41) is 12.6. The van der Waals surface area contributed by atoms with Crippen LogP contribution >= 0.6 is 11.8 Å². The minimum atomic E-state index is -0.754. The van der Waals surface area contributed by atoms with Crippen LogP contribution in [0.2, 0.25) is 0 Å². The second-order valence-corrected chi connectivity index (χ2v) is 6.39. The monoisotopic (exact) mass is 387 g/mol. The Balaban J connectivity index is 1.57. The van der Waals surface area contributed by atoms with Crippen molar-refractivity contribution < 1.29 is 23.7 Å². The van der Waals surface area contributed by atoms with Crippen LogP contribution in [0.15, 0.2) is 51.8 Å². The van der Waals surface area contributed by atoms with E-state index in [0.29, 0.717) is 4.91 Å². The summed E-state index contributed by atoms with van der Waals surface area (Å²) in [5.41, 5.74) is 0.802. The molecule has 0 spiro atoms. The van der Waals surface area contributed by atoms with Gasteiger partial charge < -0.3 is 9.73 Å². The van der Waals surface area contributed by atoms with Gasteiger partial charge in [-0.2, -0.15) is 0 Å². The fourth-order valence-electron chi connectivity index (χ4n) is 2.31. The van der Waals surface area contributed by atoms with Crippen LogP contribution in [0.25, 0.3) is 6.08 Å². The molecule has 0 radical (unpaired) electrons. The Morgan fingerprint density at radius 1 is 1.22 bits per heavy atom. The maximum absolute atomic E-state index is 12.4. The molecular weight excluding hydrogens is 374 g/mol. The van der Waals surface area contributed by atoms with E-state index in [-0.39, 0.29) is 18.8 Å². The standard InChI is InChI=1S/C17H13N3O6S/c21-15(12-6-7-14(26-12)20(24)25)18-8-9-19-16(22)13(27-17(19)23)10-11-4-2-1-3-5-11/h1-7,10H,8-9H2,(H,18,21). The van der Waals surface area contributed by atoms with Crippen molar-refractivity contribution in [3.05, 3.63) is 68.8 Å². The van der Waals surface area contributed by atoms with Gasteiger partial charge in [-0.25, -0.2) is 0 Å². The molecule has 1 saturated heterocycles. The first kappa shape index (κ1) is 18.4. The molecule has 10 heteroatoms. The third kappa shape index (κ3) is 4.23. The first-order valence-corrected chi connectivity index (χ1v) is 8.60. The quantitative estimate of drug-likeness (QED) is 0.459. The van der Waals surface area contributed by atoms with Gasteiger partial charge >= 0.3 is 5.88 Å². The molecule has 0 unspecified atom stereocenters. The summed E-state index contributed by atoms with van der Waals surface area (Å²) in [6.07, 6.45) is 1.63. The fourth-order valence-corrected chi connectivity index (χ4v) is 3.17. The Kier molecular flexibility index (Phi) is 5.36. The number of imide groups is 1. The van der Waals surface area contributed by atoms with Crippen molar-refractivity contribution in [2.24, 2.45) is 0 Å². The molecule has 27 heavy (non-hydrogen) atoms. The highest BCUT2D eigenvalue weighted by Crippen LogP contribution is 2.31. The van der Waals surface area contributed by atoms with Crippen LogP contribution in [-0.2, 0) is 4.79 Å². The zero-order chi connectivity index (χ0) is 19.4. The van der Waals surface area contributed by atoms with Gasteiger partial charge in [-0.15, -0.1) is 0 Å². The summed E-state index contributed by atoms with van der Waals surface area (Å²) in [5.74, 6) is -1.87. The summed E-state index contributed by atoms with van der Waals surface area (Å²) in [6, 6.07) is 11.4. The third-order valence-electron chi connectivity index (χ3n) is 3.59. The van der Waals surface area contributed by atoms with Gasteiger partial charge in [-0.05, 0) is 29.5 Å². The van der Waals surface area contributed by atoms with E-state index in [0.717, 1.165) is 28.3 Å². The molecule has 1 N–H and O–H groups in total. The van der Waals surface area contributed by atoms with Crippen molar-refractivity contribution >= 4 is 40.8 Å². The molecule has 0 atom stereocenters. The summed E-state index contributed by atoms with van der Waals surface area (Å²) in [4.78, 5) is 47.4. The van der Waals surface area contributed by atoms with Crippen molar-refractivity contribution in [1.29, 1.82) is 0 Å². The van der Waals surface area contributed by atoms with Crippen molar-refractivity contribution in [3.8, 4) is 0 Å². The van der Waals surface area contributed by atoms with Crippen LogP contribution in [0.5, 0.6) is 0 Å². The number of amides is 3. The SMILES string of the molecule is O=C(NCCN1C(=O)SC(=Cc2ccccc2)C1=O)c1ccc([N+](=O)[O-])o1. The van der Waals surface area contributed by atoms with Crippen molar-refractivity contribution in [3.63, 3.8) is 0 Å². The van der Waals surface area contributed by atoms with Gasteiger partial charge in [-0.1, -0.05) is 30.3 Å². The molecule has 138 valence electrons. The maximum atomic E-state index is 12.4. The Morgan fingerprint density at radius 2 is 1.96 bits per heavy atom. The Bertz CT molecular complexity index is 937. The van der Waals surface area contributed by atoms with E-state index in [1.165, 1.54) is 6.07 Å². The predicted molar refractivity (Wildman–Crippen MR) is 96.8 cm³/mol. The van der Waals surface area contributed by atoms with Gasteiger partial charge in [0.05, 0.1) is 11.0 Å². The second kappa shape index (κ2) is 7.87. The summed E-state index contributed by atoms with van der Waals surface area (Å²) in [6.45, 7) is -0.0324. The molecule has 1 aliphatic heterocycles. The first-order chi connectivity index (χ1) is 13.0. The topological polar surface area (TPSA) is 123 Å². The van der Waals surface area contributed by atoms with Crippen LogP contribution < -0.4 is 5.32 Å². The average molecular weight is 387 g/mol. The molecule has 3 rings (SSSR count). The number of hydrogen-bond donors (Lipinski definition) is 1. The number of carbonyl (C=O) groups is 3. The fraction of sp³-hybridized carbons (Fsp3) is 0.118. The van der Waals surface area contributed by atoms with Gasteiger partial charge in [0.2, 0.25) is 0 Å². The third-order valence-corrected chi connectivity index (χ3v) is 4.49. The zero-order valence-corrected chi connectivity index (χ0v) is 14.6. The molecule has 1 aromatic carbocycles. The Morgan fingerprint density at radius 3 is 2.63 bits per heavy atom. The lowest BCUT2D eigenvalue weighted by atomic mass is 10.2. The summed E-state index contributed by atoms with van der Waals surface area (Å²) in [7, 11) is 0. The lowest BCUT2D eigenvalue weighted by Gasteiger charge is -2.12. The maximum Gasteiger partial charge on any atom is 0.433 e. The molecule has 0 bridgehead atoms. The average Bonchev–Trinajstić information content (AvgIpc) is 3.24. The summed E-state index contributed by atoms with van der Waals surface area (Å²) >= 11 is 0.831. The minimum Gasteiger partial charge on any atom is -0.395 e. The summed E-state index contributed by atoms with van der Waals surface area (Å²) < 4.78 is 4.78. The minimum absolute atomic E-state index is 0.00993. The van der Waals surface area contributed by atoms with E-state index >= 15 is 0 Å². The Labute approximate surface area is 157 Å². The number of benzene rings is 1. The van der Waals surface area contributed by atoms with Crippen molar-refractivity contribution in [2.75, 3.05) is 13.1 Å². The van der Waals surface area contributed by atoms with Crippen LogP contribution in [0, 0.1) is 10.1 Å². The van der Waals surface area contributed by atoms with Crippen molar-refractivity contribution in [1.82, 2.24) is 10.2 Å². The van der Waals surface area contributed by atoms with Gasteiger partial charge in [0.15, 0.2) is 5.76 Å². The number of furan rings is 1. The zero-order valence-electron chi connectivity index (χ0n) is 13.8. The van der Waals surface area contributed by atoms with Crippen LogP contribution in [0.4, 0.5) is 10.7 Å². The molecule has 2 aromatic rings. The highest BCUT2D eigenvalue weighted by atomic mass is 32.2. The van der Waals surface area contributed by atoms with E-state index in [4.69, 9.17) is 4.42 Å². The highest BCUT2D eigenvalue weighted by molar-refractivity contribution is 8.18. The number of nitrogens with one attached hydrogen (secondary N) is 1. The number of hydrogen-bond acceptors (Lipinski definition) is 7. The number of carbonyl (C=O) groups excluding carboxylic acids is 3. The first-order valence-electron chi connectivity index (χ1n) is 7.78. The molecule has 0 saturated carbocycles. The van der Waals surface area contributed by atoms with Gasteiger partial charge in [0, 0.05) is 13.1 Å².